The predicted molar refractivity (Wildman–Crippen MR) is 121 cm³/mol. The van der Waals surface area contributed by atoms with E-state index < -0.39 is 0 Å². The molecule has 26 heavy (non-hydrogen) atoms. The number of carbonyl (C=O) groups is 1. The predicted octanol–water partition coefficient (Wildman–Crippen LogP) is 5.42. The number of hydrogen-bond donors (Lipinski definition) is 3. The lowest BCUT2D eigenvalue weighted by Crippen LogP contribution is -2.36. The average Bonchev–Trinajstić information content (AvgIpc) is 3.27. The van der Waals surface area contributed by atoms with Crippen LogP contribution in [0.2, 0.25) is 0 Å². The van der Waals surface area contributed by atoms with Gasteiger partial charge in [0, 0.05) is 22.2 Å². The van der Waals surface area contributed by atoms with Crippen molar-refractivity contribution in [2.75, 3.05) is 16.8 Å². The smallest absolute Gasteiger partial charge is 0.267 e. The van der Waals surface area contributed by atoms with Gasteiger partial charge in [-0.2, -0.15) is 0 Å². The molecule has 1 atom stereocenters. The van der Waals surface area contributed by atoms with Crippen molar-refractivity contribution in [2.24, 2.45) is 0 Å². The van der Waals surface area contributed by atoms with E-state index in [4.69, 9.17) is 0 Å². The van der Waals surface area contributed by atoms with Gasteiger partial charge in [0.2, 0.25) is 0 Å². The number of para-hydroxylation sites is 1. The Morgan fingerprint density at radius 1 is 1.31 bits per heavy atom. The summed E-state index contributed by atoms with van der Waals surface area (Å²) in [5, 5.41) is 6.11. The van der Waals surface area contributed by atoms with Gasteiger partial charge in [0.25, 0.3) is 5.91 Å². The number of amides is 1. The van der Waals surface area contributed by atoms with Gasteiger partial charge in [0.05, 0.1) is 15.4 Å². The lowest BCUT2D eigenvalue weighted by Gasteiger charge is -2.23. The number of fused-ring (bicyclic) bond motifs is 1. The molecule has 0 aliphatic heterocycles. The molecule has 0 aliphatic carbocycles. The summed E-state index contributed by atoms with van der Waals surface area (Å²) in [5.41, 5.74) is 3.45. The highest BCUT2D eigenvalue weighted by Gasteiger charge is 2.20. The Labute approximate surface area is 168 Å². The largest absolute Gasteiger partial charge is 0.349 e. The molecule has 3 N–H and O–H groups in total. The summed E-state index contributed by atoms with van der Waals surface area (Å²) in [6.45, 7) is 4.90. The van der Waals surface area contributed by atoms with E-state index in [0.717, 1.165) is 22.1 Å². The van der Waals surface area contributed by atoms with Gasteiger partial charge in [-0.3, -0.25) is 4.79 Å². The number of aromatic amines is 1. The quantitative estimate of drug-likeness (QED) is 0.334. The fourth-order valence-corrected chi connectivity index (χ4v) is 5.89. The number of aromatic nitrogens is 1. The van der Waals surface area contributed by atoms with Crippen LogP contribution in [0.25, 0.3) is 10.9 Å². The first-order valence-corrected chi connectivity index (χ1v) is 11.7. The van der Waals surface area contributed by atoms with Crippen molar-refractivity contribution in [1.82, 2.24) is 10.3 Å². The van der Waals surface area contributed by atoms with Gasteiger partial charge in [0.1, 0.15) is 5.69 Å². The molecule has 0 spiro atoms. The number of benzene rings is 1. The topological polar surface area (TPSA) is 56.9 Å². The third-order valence-corrected chi connectivity index (χ3v) is 7.26. The molecule has 0 saturated heterocycles. The molecule has 2 heterocycles. The minimum Gasteiger partial charge on any atom is -0.349 e. The van der Waals surface area contributed by atoms with Crippen molar-refractivity contribution in [3.05, 3.63) is 47.5 Å². The highest BCUT2D eigenvalue weighted by Crippen LogP contribution is 2.30. The maximum absolute atomic E-state index is 12.5. The molecule has 0 saturated carbocycles. The van der Waals surface area contributed by atoms with E-state index >= 15 is 0 Å². The Morgan fingerprint density at radius 3 is 2.88 bits per heavy atom. The van der Waals surface area contributed by atoms with E-state index in [1.54, 1.807) is 23.3 Å². The number of rotatable bonds is 8. The first kappa shape index (κ1) is 19.6. The third kappa shape index (κ3) is 4.97. The van der Waals surface area contributed by atoms with E-state index in [9.17, 15) is 4.79 Å². The van der Waals surface area contributed by atoms with Gasteiger partial charge in [-0.25, -0.2) is 0 Å². The standard InChI is InChI=1S/C18H22N3OPS3/c1-18(2,25-11-23)10-19-17(22)14-9-12-5-3-6-13(16(12)20-14)21-26-15-7-4-8-24-15/h3-9,20-21H,10-11,23H2,1-2H3,(H,19,22). The van der Waals surface area contributed by atoms with Crippen LogP contribution in [0.5, 0.6) is 0 Å². The minimum atomic E-state index is -0.0736. The van der Waals surface area contributed by atoms with E-state index in [1.165, 1.54) is 4.21 Å². The van der Waals surface area contributed by atoms with Crippen LogP contribution < -0.4 is 10.0 Å². The second-order valence-corrected chi connectivity index (χ2v) is 11.1. The van der Waals surface area contributed by atoms with Crippen LogP contribution in [0.4, 0.5) is 5.69 Å². The van der Waals surface area contributed by atoms with Crippen molar-refractivity contribution in [2.45, 2.75) is 22.8 Å². The van der Waals surface area contributed by atoms with Crippen LogP contribution in [0.15, 0.2) is 46.0 Å². The summed E-state index contributed by atoms with van der Waals surface area (Å²) < 4.78 is 4.58. The average molecular weight is 424 g/mol. The molecule has 138 valence electrons. The molecule has 3 rings (SSSR count). The van der Waals surface area contributed by atoms with Crippen LogP contribution in [0.1, 0.15) is 24.3 Å². The lowest BCUT2D eigenvalue weighted by atomic mass is 10.2. The second kappa shape index (κ2) is 8.70. The summed E-state index contributed by atoms with van der Waals surface area (Å²) in [6.07, 6.45) is 0. The van der Waals surface area contributed by atoms with Crippen molar-refractivity contribution in [3.63, 3.8) is 0 Å². The van der Waals surface area contributed by atoms with Crippen LogP contribution in [0.3, 0.4) is 0 Å². The summed E-state index contributed by atoms with van der Waals surface area (Å²) in [5.74, 6) is -0.0736. The molecule has 0 aliphatic rings. The summed E-state index contributed by atoms with van der Waals surface area (Å²) in [4.78, 5) is 15.8. The maximum Gasteiger partial charge on any atom is 0.267 e. The molecule has 0 radical (unpaired) electrons. The fourth-order valence-electron chi connectivity index (χ4n) is 2.46. The normalized spacial score (nSPS) is 11.7. The van der Waals surface area contributed by atoms with Crippen LogP contribution in [-0.4, -0.2) is 27.7 Å². The Bertz CT molecular complexity index is 877. The molecule has 0 fully saturated rings. The molecule has 1 amide bonds. The molecule has 1 aromatic carbocycles. The van der Waals surface area contributed by atoms with Gasteiger partial charge < -0.3 is 15.0 Å². The first-order chi connectivity index (χ1) is 12.5. The zero-order valence-electron chi connectivity index (χ0n) is 14.7. The first-order valence-electron chi connectivity index (χ1n) is 8.19. The number of nitrogens with one attached hydrogen (secondary N) is 3. The Balaban J connectivity index is 1.72. The SMILES string of the molecule is CC(C)(CNC(=O)c1cc2cccc(NSc3cccs3)c2[nH]1)SCP. The van der Waals surface area contributed by atoms with Gasteiger partial charge >= 0.3 is 0 Å². The monoisotopic (exact) mass is 423 g/mol. The number of anilines is 1. The van der Waals surface area contributed by atoms with Crippen LogP contribution in [-0.2, 0) is 0 Å². The van der Waals surface area contributed by atoms with Crippen LogP contribution >= 0.6 is 44.3 Å². The van der Waals surface area contributed by atoms with Crippen LogP contribution in [0, 0.1) is 0 Å². The van der Waals surface area contributed by atoms with E-state index in [-0.39, 0.29) is 10.7 Å². The number of H-pyrrole nitrogens is 1. The summed E-state index contributed by atoms with van der Waals surface area (Å²) in [6, 6.07) is 12.0. The third-order valence-electron chi connectivity index (χ3n) is 3.81. The van der Waals surface area contributed by atoms with Crippen molar-refractivity contribution in [1.29, 1.82) is 0 Å². The van der Waals surface area contributed by atoms with Gasteiger partial charge in [0.15, 0.2) is 0 Å². The Morgan fingerprint density at radius 2 is 2.15 bits per heavy atom. The fraction of sp³-hybridized carbons (Fsp3) is 0.278. The number of carbonyl (C=O) groups excluding carboxylic acids is 1. The van der Waals surface area contributed by atoms with Gasteiger partial charge in [-0.15, -0.1) is 32.3 Å². The summed E-state index contributed by atoms with van der Waals surface area (Å²) >= 11 is 5.08. The highest BCUT2D eigenvalue weighted by atomic mass is 32.2. The number of thioether (sulfide) groups is 1. The summed E-state index contributed by atoms with van der Waals surface area (Å²) in [7, 11) is 2.71. The van der Waals surface area contributed by atoms with E-state index in [0.29, 0.717) is 12.2 Å². The lowest BCUT2D eigenvalue weighted by molar-refractivity contribution is 0.0946. The van der Waals surface area contributed by atoms with Crippen molar-refractivity contribution < 1.29 is 4.79 Å². The molecule has 3 aromatic rings. The maximum atomic E-state index is 12.5. The second-order valence-electron chi connectivity index (χ2n) is 6.34. The Hall–Kier alpha value is -1.14. The minimum absolute atomic E-state index is 0.00743. The highest BCUT2D eigenvalue weighted by molar-refractivity contribution is 8.03. The molecule has 0 bridgehead atoms. The zero-order chi connectivity index (χ0) is 18.6. The van der Waals surface area contributed by atoms with Crippen molar-refractivity contribution in [3.8, 4) is 0 Å². The number of thiophene rings is 1. The van der Waals surface area contributed by atoms with E-state index in [1.807, 2.05) is 42.1 Å². The molecule has 1 unspecified atom stereocenters. The Kier molecular flexibility index (Phi) is 6.56. The molecular weight excluding hydrogens is 401 g/mol. The molecule has 8 heteroatoms. The number of hydrogen-bond acceptors (Lipinski definition) is 5. The zero-order valence-corrected chi connectivity index (χ0v) is 18.3. The van der Waals surface area contributed by atoms with E-state index in [2.05, 4.69) is 49.6 Å². The van der Waals surface area contributed by atoms with Gasteiger partial charge in [-0.1, -0.05) is 18.2 Å². The molecular formula is C18H22N3OPS3. The van der Waals surface area contributed by atoms with Crippen molar-refractivity contribution >= 4 is 66.8 Å². The van der Waals surface area contributed by atoms with Gasteiger partial charge in [-0.05, 0) is 49.4 Å². The molecule has 4 nitrogen and oxygen atoms in total. The molecule has 2 aromatic heterocycles.